The van der Waals surface area contributed by atoms with E-state index in [-0.39, 0.29) is 31.2 Å². The maximum atomic E-state index is 12.8. The summed E-state index contributed by atoms with van der Waals surface area (Å²) in [6.45, 7) is 0.722. The monoisotopic (exact) mass is 412 g/mol. The molecule has 2 amide bonds. The molecule has 8 heteroatoms. The summed E-state index contributed by atoms with van der Waals surface area (Å²) in [5.41, 5.74) is 1.41. The third-order valence-electron chi connectivity index (χ3n) is 5.40. The Hall–Kier alpha value is -3.42. The van der Waals surface area contributed by atoms with Crippen LogP contribution in [-0.4, -0.2) is 50.8 Å². The van der Waals surface area contributed by atoms with E-state index in [4.69, 9.17) is 18.9 Å². The molecule has 158 valence electrons. The van der Waals surface area contributed by atoms with E-state index in [1.807, 2.05) is 18.2 Å². The van der Waals surface area contributed by atoms with Crippen molar-refractivity contribution in [2.45, 2.75) is 18.9 Å². The number of fused-ring (bicyclic) bond motifs is 1. The lowest BCUT2D eigenvalue weighted by molar-refractivity contribution is -0.131. The number of hydrogen-bond acceptors (Lipinski definition) is 6. The Morgan fingerprint density at radius 3 is 2.67 bits per heavy atom. The zero-order chi connectivity index (χ0) is 21.1. The molecule has 2 aromatic carbocycles. The molecule has 30 heavy (non-hydrogen) atoms. The van der Waals surface area contributed by atoms with Crippen LogP contribution in [0, 0.1) is 0 Å². The second kappa shape index (κ2) is 8.52. The second-order valence-corrected chi connectivity index (χ2v) is 7.11. The number of nitrogens with zero attached hydrogens (tertiary/aromatic N) is 1. The predicted octanol–water partition coefficient (Wildman–Crippen LogP) is 2.53. The van der Waals surface area contributed by atoms with E-state index in [2.05, 4.69) is 5.32 Å². The maximum Gasteiger partial charge on any atom is 0.251 e. The number of benzene rings is 2. The quantitative estimate of drug-likeness (QED) is 0.785. The zero-order valence-electron chi connectivity index (χ0n) is 17.0. The normalized spacial score (nSPS) is 17.0. The summed E-state index contributed by atoms with van der Waals surface area (Å²) < 4.78 is 21.2. The molecule has 2 heterocycles. The third kappa shape index (κ3) is 3.85. The smallest absolute Gasteiger partial charge is 0.251 e. The Kier molecular flexibility index (Phi) is 5.65. The van der Waals surface area contributed by atoms with Gasteiger partial charge in [-0.25, -0.2) is 0 Å². The number of carbonyl (C=O) groups is 2. The molecule has 0 aromatic heterocycles. The first kappa shape index (κ1) is 19.9. The summed E-state index contributed by atoms with van der Waals surface area (Å²) in [5, 5.41) is 2.71. The molecule has 0 unspecified atom stereocenters. The molecule has 8 nitrogen and oxygen atoms in total. The van der Waals surface area contributed by atoms with Crippen LogP contribution < -0.4 is 24.3 Å². The van der Waals surface area contributed by atoms with Crippen LogP contribution in [0.4, 0.5) is 0 Å². The Morgan fingerprint density at radius 1 is 1.07 bits per heavy atom. The van der Waals surface area contributed by atoms with E-state index in [0.717, 1.165) is 18.4 Å². The summed E-state index contributed by atoms with van der Waals surface area (Å²) in [7, 11) is 3.18. The molecule has 0 bridgehead atoms. The predicted molar refractivity (Wildman–Crippen MR) is 108 cm³/mol. The van der Waals surface area contributed by atoms with Gasteiger partial charge in [-0.3, -0.25) is 9.59 Å². The van der Waals surface area contributed by atoms with Crippen LogP contribution in [0.5, 0.6) is 23.0 Å². The number of nitrogens with one attached hydrogen (secondary N) is 1. The maximum absolute atomic E-state index is 12.8. The summed E-state index contributed by atoms with van der Waals surface area (Å²) in [6.07, 6.45) is 1.76. The van der Waals surface area contributed by atoms with Gasteiger partial charge in [0.15, 0.2) is 23.0 Å². The summed E-state index contributed by atoms with van der Waals surface area (Å²) in [4.78, 5) is 27.1. The number of rotatable bonds is 6. The average molecular weight is 412 g/mol. The largest absolute Gasteiger partial charge is 0.493 e. The van der Waals surface area contributed by atoms with Crippen molar-refractivity contribution in [3.8, 4) is 23.0 Å². The van der Waals surface area contributed by atoms with Crippen molar-refractivity contribution in [1.29, 1.82) is 0 Å². The van der Waals surface area contributed by atoms with Crippen molar-refractivity contribution in [2.75, 3.05) is 34.1 Å². The van der Waals surface area contributed by atoms with Crippen LogP contribution in [-0.2, 0) is 4.79 Å². The fourth-order valence-corrected chi connectivity index (χ4v) is 3.87. The van der Waals surface area contributed by atoms with E-state index in [1.165, 1.54) is 0 Å². The molecule has 0 radical (unpaired) electrons. The standard InChI is InChI=1S/C22H24N2O6/c1-27-17-7-5-14(10-19(17)28-2)16-4-3-9-24(16)21(25)12-23-22(26)15-6-8-18-20(11-15)30-13-29-18/h5-8,10-11,16H,3-4,9,12-13H2,1-2H3,(H,23,26)/t16-/m1/s1. The van der Waals surface area contributed by atoms with Crippen LogP contribution in [0.3, 0.4) is 0 Å². The molecule has 0 saturated carbocycles. The summed E-state index contributed by atoms with van der Waals surface area (Å²) in [6, 6.07) is 10.6. The van der Waals surface area contributed by atoms with E-state index in [1.54, 1.807) is 37.3 Å². The number of carbonyl (C=O) groups excluding carboxylic acids is 2. The lowest BCUT2D eigenvalue weighted by atomic mass is 10.0. The van der Waals surface area contributed by atoms with Gasteiger partial charge >= 0.3 is 0 Å². The minimum atomic E-state index is -0.330. The molecule has 2 aliphatic heterocycles. The molecular formula is C22H24N2O6. The molecule has 0 aliphatic carbocycles. The first-order chi connectivity index (χ1) is 14.6. The van der Waals surface area contributed by atoms with E-state index < -0.39 is 0 Å². The molecular weight excluding hydrogens is 388 g/mol. The van der Waals surface area contributed by atoms with Crippen LogP contribution >= 0.6 is 0 Å². The minimum Gasteiger partial charge on any atom is -0.493 e. The second-order valence-electron chi connectivity index (χ2n) is 7.11. The van der Waals surface area contributed by atoms with Crippen LogP contribution in [0.1, 0.15) is 34.8 Å². The van der Waals surface area contributed by atoms with Crippen molar-refractivity contribution in [1.82, 2.24) is 10.2 Å². The highest BCUT2D eigenvalue weighted by Gasteiger charge is 2.30. The lowest BCUT2D eigenvalue weighted by Gasteiger charge is -2.26. The molecule has 1 saturated heterocycles. The van der Waals surface area contributed by atoms with Gasteiger partial charge in [0, 0.05) is 12.1 Å². The first-order valence-corrected chi connectivity index (χ1v) is 9.80. The summed E-state index contributed by atoms with van der Waals surface area (Å²) in [5.74, 6) is 1.96. The van der Waals surface area contributed by atoms with Crippen LogP contribution in [0.2, 0.25) is 0 Å². The Labute approximate surface area is 174 Å². The van der Waals surface area contributed by atoms with Gasteiger partial charge in [-0.1, -0.05) is 6.07 Å². The average Bonchev–Trinajstić information content (AvgIpc) is 3.45. The van der Waals surface area contributed by atoms with Gasteiger partial charge < -0.3 is 29.2 Å². The molecule has 2 aromatic rings. The highest BCUT2D eigenvalue weighted by atomic mass is 16.7. The number of ether oxygens (including phenoxy) is 4. The third-order valence-corrected chi connectivity index (χ3v) is 5.40. The Balaban J connectivity index is 1.41. The van der Waals surface area contributed by atoms with Crippen LogP contribution in [0.25, 0.3) is 0 Å². The summed E-state index contributed by atoms with van der Waals surface area (Å²) >= 11 is 0. The van der Waals surface area contributed by atoms with Crippen molar-refractivity contribution >= 4 is 11.8 Å². The van der Waals surface area contributed by atoms with Crippen molar-refractivity contribution in [2.24, 2.45) is 0 Å². The van der Waals surface area contributed by atoms with Gasteiger partial charge in [-0.15, -0.1) is 0 Å². The zero-order valence-corrected chi connectivity index (χ0v) is 17.0. The van der Waals surface area contributed by atoms with Crippen LogP contribution in [0.15, 0.2) is 36.4 Å². The number of hydrogen-bond donors (Lipinski definition) is 1. The lowest BCUT2D eigenvalue weighted by Crippen LogP contribution is -2.39. The number of likely N-dealkylation sites (tertiary alicyclic amines) is 1. The molecule has 4 rings (SSSR count). The fourth-order valence-electron chi connectivity index (χ4n) is 3.87. The van der Waals surface area contributed by atoms with E-state index in [9.17, 15) is 9.59 Å². The van der Waals surface area contributed by atoms with Crippen molar-refractivity contribution < 1.29 is 28.5 Å². The van der Waals surface area contributed by atoms with Gasteiger partial charge in [-0.2, -0.15) is 0 Å². The van der Waals surface area contributed by atoms with Crippen molar-refractivity contribution in [3.05, 3.63) is 47.5 Å². The minimum absolute atomic E-state index is 0.0558. The first-order valence-electron chi connectivity index (χ1n) is 9.80. The molecule has 0 spiro atoms. The Bertz CT molecular complexity index is 961. The van der Waals surface area contributed by atoms with Gasteiger partial charge in [0.1, 0.15) is 0 Å². The Morgan fingerprint density at radius 2 is 1.87 bits per heavy atom. The fraction of sp³-hybridized carbons (Fsp3) is 0.364. The topological polar surface area (TPSA) is 86.3 Å². The molecule has 1 fully saturated rings. The van der Waals surface area contributed by atoms with Gasteiger partial charge in [0.25, 0.3) is 5.91 Å². The SMILES string of the molecule is COc1ccc([C@H]2CCCN2C(=O)CNC(=O)c2ccc3c(c2)OCO3)cc1OC. The number of amides is 2. The number of methoxy groups -OCH3 is 2. The molecule has 1 atom stereocenters. The molecule has 2 aliphatic rings. The van der Waals surface area contributed by atoms with Gasteiger partial charge in [0.2, 0.25) is 12.7 Å². The van der Waals surface area contributed by atoms with E-state index in [0.29, 0.717) is 35.1 Å². The van der Waals surface area contributed by atoms with Gasteiger partial charge in [-0.05, 0) is 48.7 Å². The van der Waals surface area contributed by atoms with Crippen molar-refractivity contribution in [3.63, 3.8) is 0 Å². The highest BCUT2D eigenvalue weighted by molar-refractivity contribution is 5.97. The van der Waals surface area contributed by atoms with E-state index >= 15 is 0 Å². The van der Waals surface area contributed by atoms with Gasteiger partial charge in [0.05, 0.1) is 26.8 Å². The molecule has 1 N–H and O–H groups in total. The highest BCUT2D eigenvalue weighted by Crippen LogP contribution is 2.37.